The van der Waals surface area contributed by atoms with E-state index in [1.165, 1.54) is 12.0 Å². The summed E-state index contributed by atoms with van der Waals surface area (Å²) in [6.45, 7) is 14.4. The van der Waals surface area contributed by atoms with Crippen LogP contribution < -0.4 is 10.2 Å². The summed E-state index contributed by atoms with van der Waals surface area (Å²) in [6, 6.07) is 5.03. The lowest BCUT2D eigenvalue weighted by Crippen LogP contribution is -2.46. The molecule has 1 aliphatic heterocycles. The highest BCUT2D eigenvalue weighted by atomic mass is 15.2. The maximum absolute atomic E-state index is 4.78. The van der Waals surface area contributed by atoms with Crippen LogP contribution >= 0.6 is 0 Å². The molecule has 0 aliphatic carbocycles. The second kappa shape index (κ2) is 6.57. The van der Waals surface area contributed by atoms with E-state index in [-0.39, 0.29) is 0 Å². The van der Waals surface area contributed by atoms with E-state index >= 15 is 0 Å². The lowest BCUT2D eigenvalue weighted by Gasteiger charge is -2.42. The van der Waals surface area contributed by atoms with Crippen molar-refractivity contribution in [3.05, 3.63) is 23.4 Å². The number of rotatable bonds is 4. The molecule has 0 saturated carbocycles. The van der Waals surface area contributed by atoms with Gasteiger partial charge in [-0.3, -0.25) is 0 Å². The van der Waals surface area contributed by atoms with Gasteiger partial charge in [0.1, 0.15) is 5.82 Å². The van der Waals surface area contributed by atoms with Gasteiger partial charge < -0.3 is 10.2 Å². The molecule has 3 unspecified atom stereocenters. The van der Waals surface area contributed by atoms with E-state index in [4.69, 9.17) is 4.98 Å². The van der Waals surface area contributed by atoms with E-state index in [1.54, 1.807) is 0 Å². The summed E-state index contributed by atoms with van der Waals surface area (Å²) in [4.78, 5) is 7.28. The zero-order valence-corrected chi connectivity index (χ0v) is 13.6. The van der Waals surface area contributed by atoms with Crippen molar-refractivity contribution in [2.75, 3.05) is 18.0 Å². The summed E-state index contributed by atoms with van der Waals surface area (Å²) >= 11 is 0. The molecule has 1 aromatic rings. The standard InChI is InChI=1S/C17H29N3/c1-6-18-10-16-8-14(4)19-17(9-16)20-11-12(2)7-13(3)15(20)5/h8-9,12-13,15,18H,6-7,10-11H2,1-5H3. The molecule has 3 nitrogen and oxygen atoms in total. The largest absolute Gasteiger partial charge is 0.353 e. The highest BCUT2D eigenvalue weighted by molar-refractivity contribution is 5.44. The van der Waals surface area contributed by atoms with Crippen LogP contribution in [0.3, 0.4) is 0 Å². The Kier molecular flexibility index (Phi) is 5.03. The molecule has 3 heteroatoms. The average Bonchev–Trinajstić information content (AvgIpc) is 2.40. The molecule has 3 atom stereocenters. The first-order valence-corrected chi connectivity index (χ1v) is 7.96. The van der Waals surface area contributed by atoms with Crippen molar-refractivity contribution in [1.29, 1.82) is 0 Å². The third-order valence-electron chi connectivity index (χ3n) is 4.47. The van der Waals surface area contributed by atoms with Gasteiger partial charge in [0.15, 0.2) is 0 Å². The Labute approximate surface area is 123 Å². The number of hydrogen-bond donors (Lipinski definition) is 1. The van der Waals surface area contributed by atoms with Gasteiger partial charge in [-0.2, -0.15) is 0 Å². The zero-order valence-electron chi connectivity index (χ0n) is 13.6. The van der Waals surface area contributed by atoms with Gasteiger partial charge in [0.2, 0.25) is 0 Å². The Balaban J connectivity index is 2.24. The molecular formula is C17H29N3. The number of nitrogens with zero attached hydrogens (tertiary/aromatic N) is 2. The fourth-order valence-electron chi connectivity index (χ4n) is 3.26. The summed E-state index contributed by atoms with van der Waals surface area (Å²) in [7, 11) is 0. The van der Waals surface area contributed by atoms with E-state index in [0.29, 0.717) is 6.04 Å². The van der Waals surface area contributed by atoms with Crippen LogP contribution in [0, 0.1) is 18.8 Å². The van der Waals surface area contributed by atoms with Crippen molar-refractivity contribution in [3.8, 4) is 0 Å². The molecule has 1 aromatic heterocycles. The van der Waals surface area contributed by atoms with Crippen LogP contribution in [0.1, 0.15) is 45.4 Å². The van der Waals surface area contributed by atoms with E-state index < -0.39 is 0 Å². The van der Waals surface area contributed by atoms with Crippen molar-refractivity contribution >= 4 is 5.82 Å². The average molecular weight is 275 g/mol. The number of nitrogens with one attached hydrogen (secondary N) is 1. The lowest BCUT2D eigenvalue weighted by molar-refractivity contribution is 0.295. The highest BCUT2D eigenvalue weighted by Crippen LogP contribution is 2.30. The Bertz CT molecular complexity index is 444. The molecule has 1 fully saturated rings. The molecule has 0 spiro atoms. The van der Waals surface area contributed by atoms with Crippen molar-refractivity contribution in [2.24, 2.45) is 11.8 Å². The fraction of sp³-hybridized carbons (Fsp3) is 0.706. The molecule has 0 bridgehead atoms. The van der Waals surface area contributed by atoms with E-state index in [2.05, 4.69) is 57.0 Å². The maximum Gasteiger partial charge on any atom is 0.129 e. The van der Waals surface area contributed by atoms with E-state index in [0.717, 1.165) is 43.0 Å². The second-order valence-electron chi connectivity index (χ2n) is 6.47. The molecular weight excluding hydrogens is 246 g/mol. The van der Waals surface area contributed by atoms with Crippen molar-refractivity contribution in [1.82, 2.24) is 10.3 Å². The Morgan fingerprint density at radius 2 is 2.05 bits per heavy atom. The first-order valence-electron chi connectivity index (χ1n) is 7.96. The maximum atomic E-state index is 4.78. The molecule has 112 valence electrons. The van der Waals surface area contributed by atoms with Crippen molar-refractivity contribution in [2.45, 2.75) is 53.6 Å². The molecule has 0 aromatic carbocycles. The minimum atomic E-state index is 0.576. The van der Waals surface area contributed by atoms with Gasteiger partial charge in [0, 0.05) is 24.8 Å². The van der Waals surface area contributed by atoms with Gasteiger partial charge in [-0.25, -0.2) is 4.98 Å². The summed E-state index contributed by atoms with van der Waals surface area (Å²) in [6.07, 6.45) is 1.33. The topological polar surface area (TPSA) is 28.2 Å². The molecule has 1 aliphatic rings. The third-order valence-corrected chi connectivity index (χ3v) is 4.47. The highest BCUT2D eigenvalue weighted by Gasteiger charge is 2.29. The molecule has 2 heterocycles. The predicted octanol–water partition coefficient (Wildman–Crippen LogP) is 3.37. The van der Waals surface area contributed by atoms with Crippen LogP contribution in [0.5, 0.6) is 0 Å². The van der Waals surface area contributed by atoms with Gasteiger partial charge >= 0.3 is 0 Å². The van der Waals surface area contributed by atoms with Gasteiger partial charge in [0.05, 0.1) is 0 Å². The van der Waals surface area contributed by atoms with Crippen molar-refractivity contribution in [3.63, 3.8) is 0 Å². The monoisotopic (exact) mass is 275 g/mol. The van der Waals surface area contributed by atoms with Crippen LogP contribution in [0.4, 0.5) is 5.82 Å². The SMILES string of the molecule is CCNCc1cc(C)nc(N2CC(C)CC(C)C2C)c1. The Hall–Kier alpha value is -1.09. The number of pyridine rings is 1. The molecule has 1 N–H and O–H groups in total. The minimum absolute atomic E-state index is 0.576. The van der Waals surface area contributed by atoms with Crippen LogP contribution in [0.2, 0.25) is 0 Å². The number of piperidine rings is 1. The first-order chi connectivity index (χ1) is 9.51. The molecule has 0 radical (unpaired) electrons. The van der Waals surface area contributed by atoms with Crippen LogP contribution in [-0.2, 0) is 6.54 Å². The quantitative estimate of drug-likeness (QED) is 0.913. The Morgan fingerprint density at radius 3 is 2.75 bits per heavy atom. The fourth-order valence-corrected chi connectivity index (χ4v) is 3.26. The normalized spacial score (nSPS) is 26.9. The van der Waals surface area contributed by atoms with Crippen LogP contribution in [0.15, 0.2) is 12.1 Å². The number of hydrogen-bond acceptors (Lipinski definition) is 3. The predicted molar refractivity (Wildman–Crippen MR) is 86.1 cm³/mol. The van der Waals surface area contributed by atoms with Gasteiger partial charge in [-0.15, -0.1) is 0 Å². The summed E-state index contributed by atoms with van der Waals surface area (Å²) < 4.78 is 0. The third kappa shape index (κ3) is 3.51. The Morgan fingerprint density at radius 1 is 1.30 bits per heavy atom. The summed E-state index contributed by atoms with van der Waals surface area (Å²) in [5.41, 5.74) is 2.46. The second-order valence-corrected chi connectivity index (χ2v) is 6.47. The van der Waals surface area contributed by atoms with E-state index in [1.807, 2.05) is 0 Å². The molecule has 2 rings (SSSR count). The van der Waals surface area contributed by atoms with Gasteiger partial charge in [-0.05, 0) is 56.3 Å². The smallest absolute Gasteiger partial charge is 0.129 e. The van der Waals surface area contributed by atoms with Crippen LogP contribution in [0.25, 0.3) is 0 Å². The zero-order chi connectivity index (χ0) is 14.7. The lowest BCUT2D eigenvalue weighted by atomic mass is 9.86. The summed E-state index contributed by atoms with van der Waals surface area (Å²) in [5, 5.41) is 3.40. The summed E-state index contributed by atoms with van der Waals surface area (Å²) in [5.74, 6) is 2.64. The minimum Gasteiger partial charge on any atom is -0.353 e. The number of anilines is 1. The first kappa shape index (κ1) is 15.3. The van der Waals surface area contributed by atoms with Gasteiger partial charge in [0.25, 0.3) is 0 Å². The van der Waals surface area contributed by atoms with Crippen molar-refractivity contribution < 1.29 is 0 Å². The number of aryl methyl sites for hydroxylation is 1. The molecule has 1 saturated heterocycles. The van der Waals surface area contributed by atoms with E-state index in [9.17, 15) is 0 Å². The van der Waals surface area contributed by atoms with Crippen LogP contribution in [-0.4, -0.2) is 24.1 Å². The molecule has 0 amide bonds. The molecule has 20 heavy (non-hydrogen) atoms. The van der Waals surface area contributed by atoms with Gasteiger partial charge in [-0.1, -0.05) is 20.8 Å². The number of aromatic nitrogens is 1.